The lowest BCUT2D eigenvalue weighted by molar-refractivity contribution is -0.870. The summed E-state index contributed by atoms with van der Waals surface area (Å²) in [5.41, 5.74) is 0. The van der Waals surface area contributed by atoms with Gasteiger partial charge in [0.05, 0.1) is 34.4 Å². The molecule has 0 aromatic heterocycles. The molecule has 0 aliphatic heterocycles. The predicted octanol–water partition coefficient (Wildman–Crippen LogP) is 30.9. The van der Waals surface area contributed by atoms with Gasteiger partial charge in [-0.15, -0.1) is 0 Å². The first-order valence-electron chi connectivity index (χ1n) is 47.2. The summed E-state index contributed by atoms with van der Waals surface area (Å²) in [6.45, 7) is 4.96. The molecule has 0 bridgehead atoms. The van der Waals surface area contributed by atoms with E-state index in [0.717, 1.165) is 51.4 Å². The van der Waals surface area contributed by atoms with Gasteiger partial charge in [-0.1, -0.05) is 474 Å². The Bertz CT molecular complexity index is 1820. The second-order valence-corrected chi connectivity index (χ2v) is 33.7. The molecule has 0 aromatic rings. The molecule has 0 rings (SSSR count). The molecule has 0 aliphatic rings. The van der Waals surface area contributed by atoms with Crippen molar-refractivity contribution in [2.45, 2.75) is 514 Å². The van der Waals surface area contributed by atoms with Crippen molar-refractivity contribution in [1.82, 2.24) is 0 Å². The van der Waals surface area contributed by atoms with E-state index in [1.807, 2.05) is 21.1 Å². The third-order valence-electron chi connectivity index (χ3n) is 21.9. The Labute approximate surface area is 655 Å². The predicted molar refractivity (Wildman–Crippen MR) is 457 cm³/mol. The number of allylic oxidation sites excluding steroid dienone is 6. The lowest BCUT2D eigenvalue weighted by atomic mass is 10.0. The highest BCUT2D eigenvalue weighted by Crippen LogP contribution is 2.22. The van der Waals surface area contributed by atoms with E-state index >= 15 is 0 Å². The quantitative estimate of drug-likeness (QED) is 0.0211. The van der Waals surface area contributed by atoms with Crippen molar-refractivity contribution >= 4 is 17.9 Å². The van der Waals surface area contributed by atoms with Gasteiger partial charge in [-0.05, 0) is 51.4 Å². The van der Waals surface area contributed by atoms with Crippen molar-refractivity contribution in [3.05, 3.63) is 36.5 Å². The number of unbranched alkanes of at least 4 members (excludes halogenated alkanes) is 69. The highest BCUT2D eigenvalue weighted by atomic mass is 16.7. The number of rotatable bonds is 90. The van der Waals surface area contributed by atoms with Gasteiger partial charge in [0, 0.05) is 12.8 Å². The third kappa shape index (κ3) is 88.6. The van der Waals surface area contributed by atoms with Gasteiger partial charge in [-0.3, -0.25) is 9.59 Å². The fourth-order valence-corrected chi connectivity index (χ4v) is 14.7. The number of hydrogen-bond donors (Lipinski definition) is 1. The monoisotopic (exact) mass is 1480 g/mol. The molecule has 9 nitrogen and oxygen atoms in total. The Balaban J connectivity index is 3.86. The first-order valence-corrected chi connectivity index (χ1v) is 47.2. The lowest BCUT2D eigenvalue weighted by Gasteiger charge is -2.25. The van der Waals surface area contributed by atoms with Gasteiger partial charge in [0.2, 0.25) is 0 Å². The molecular weight excluding hydrogens is 1300 g/mol. The van der Waals surface area contributed by atoms with Crippen molar-refractivity contribution in [3.8, 4) is 0 Å². The van der Waals surface area contributed by atoms with Gasteiger partial charge >= 0.3 is 17.9 Å². The minimum absolute atomic E-state index is 0.174. The number of hydrogen-bond acceptors (Lipinski definition) is 7. The molecule has 0 fully saturated rings. The van der Waals surface area contributed by atoms with E-state index < -0.39 is 18.4 Å². The zero-order valence-electron chi connectivity index (χ0n) is 71.4. The highest BCUT2D eigenvalue weighted by Gasteiger charge is 2.25. The minimum atomic E-state index is -1.51. The number of carbonyl (C=O) groups is 3. The average Bonchev–Trinajstić information content (AvgIpc) is 1.18. The summed E-state index contributed by atoms with van der Waals surface area (Å²) in [6, 6.07) is 0. The molecule has 0 heterocycles. The van der Waals surface area contributed by atoms with Gasteiger partial charge in [-0.25, -0.2) is 4.79 Å². The first kappa shape index (κ1) is 103. The minimum Gasteiger partial charge on any atom is -0.477 e. The van der Waals surface area contributed by atoms with Crippen LogP contribution in [0, 0.1) is 0 Å². The Morgan fingerprint density at radius 2 is 0.514 bits per heavy atom. The van der Waals surface area contributed by atoms with E-state index in [4.69, 9.17) is 18.9 Å². The van der Waals surface area contributed by atoms with Crippen LogP contribution < -0.4 is 0 Å². The lowest BCUT2D eigenvalue weighted by Crippen LogP contribution is -2.40. The molecule has 0 aromatic carbocycles. The molecule has 0 saturated carbocycles. The number of esters is 2. The van der Waals surface area contributed by atoms with Gasteiger partial charge in [0.1, 0.15) is 13.2 Å². The van der Waals surface area contributed by atoms with E-state index in [2.05, 4.69) is 50.3 Å². The summed E-state index contributed by atoms with van der Waals surface area (Å²) in [5, 5.41) is 9.80. The van der Waals surface area contributed by atoms with Crippen molar-refractivity contribution in [2.75, 3.05) is 47.5 Å². The van der Waals surface area contributed by atoms with Gasteiger partial charge in [0.15, 0.2) is 6.10 Å². The summed E-state index contributed by atoms with van der Waals surface area (Å²) in [4.78, 5) is 37.9. The van der Waals surface area contributed by atoms with Gasteiger partial charge in [0.25, 0.3) is 6.29 Å². The van der Waals surface area contributed by atoms with Crippen molar-refractivity contribution < 1.29 is 42.9 Å². The van der Waals surface area contributed by atoms with Crippen LogP contribution in [0.4, 0.5) is 0 Å². The van der Waals surface area contributed by atoms with E-state index in [1.165, 1.54) is 424 Å². The van der Waals surface area contributed by atoms with Crippen molar-refractivity contribution in [3.63, 3.8) is 0 Å². The maximum atomic E-state index is 13.0. The zero-order chi connectivity index (χ0) is 76.0. The largest absolute Gasteiger partial charge is 0.477 e. The topological polar surface area (TPSA) is 108 Å². The summed E-state index contributed by atoms with van der Waals surface area (Å²) >= 11 is 0. The fourth-order valence-electron chi connectivity index (χ4n) is 14.7. The van der Waals surface area contributed by atoms with Crippen LogP contribution >= 0.6 is 0 Å². The smallest absolute Gasteiger partial charge is 0.361 e. The number of carbonyl (C=O) groups excluding carboxylic acids is 2. The first-order chi connectivity index (χ1) is 51.6. The van der Waals surface area contributed by atoms with E-state index in [-0.39, 0.29) is 38.2 Å². The van der Waals surface area contributed by atoms with Crippen molar-refractivity contribution in [1.29, 1.82) is 0 Å². The molecule has 1 N–H and O–H groups in total. The molecule has 2 atom stereocenters. The van der Waals surface area contributed by atoms with Crippen LogP contribution in [0.3, 0.4) is 0 Å². The number of nitrogens with zero attached hydrogens (tertiary/aromatic N) is 1. The summed E-state index contributed by atoms with van der Waals surface area (Å²) in [5.74, 6) is -1.96. The van der Waals surface area contributed by atoms with Gasteiger partial charge < -0.3 is 28.5 Å². The van der Waals surface area contributed by atoms with Crippen molar-refractivity contribution in [2.24, 2.45) is 0 Å². The number of carboxylic acid groups (broad SMARTS) is 1. The Hall–Kier alpha value is -2.49. The molecule has 0 radical (unpaired) electrons. The molecule has 0 spiro atoms. The van der Waals surface area contributed by atoms with Crippen LogP contribution in [0.15, 0.2) is 36.5 Å². The molecule has 105 heavy (non-hydrogen) atoms. The Morgan fingerprint density at radius 1 is 0.286 bits per heavy atom. The van der Waals surface area contributed by atoms with E-state index in [0.29, 0.717) is 17.4 Å². The van der Waals surface area contributed by atoms with E-state index in [1.54, 1.807) is 0 Å². The summed E-state index contributed by atoms with van der Waals surface area (Å²) in [6.07, 6.45) is 112. The van der Waals surface area contributed by atoms with Crippen LogP contribution in [-0.2, 0) is 33.3 Å². The average molecular weight is 1480 g/mol. The third-order valence-corrected chi connectivity index (χ3v) is 21.9. The maximum Gasteiger partial charge on any atom is 0.361 e. The normalized spacial score (nSPS) is 12.7. The second kappa shape index (κ2) is 87.1. The number of likely N-dealkylation sites (N-methyl/N-ethyl adjacent to an activating group) is 1. The summed E-state index contributed by atoms with van der Waals surface area (Å²) in [7, 11) is 6.01. The number of ether oxygens (including phenoxy) is 4. The van der Waals surface area contributed by atoms with Crippen LogP contribution in [0.25, 0.3) is 0 Å². The van der Waals surface area contributed by atoms with Crippen LogP contribution in [-0.4, -0.2) is 87.4 Å². The standard InChI is InChI=1S/C96H183NO8/c1-6-8-10-12-14-16-18-20-22-24-26-28-30-32-34-36-38-40-42-44-46-47-49-51-53-55-57-59-61-63-65-67-69-71-73-75-77-79-81-83-85-87-94(99)105-92(91-104-96(95(100)101)102-89-88-97(3,4)5)90-103-93(98)86-84-82-80-78-76-74-72-70-68-66-64-62-60-58-56-54-52-50-48-45-43-41-39-37-35-33-31-29-27-25-23-21-19-17-15-13-11-9-7-2/h18,20,24,26,30,32,92,96H,6-17,19,21-23,25,27-29,31,33-91H2,1-5H3/p+1/b20-18-,26-24-,32-30-. The zero-order valence-corrected chi connectivity index (χ0v) is 71.4. The number of carboxylic acids is 1. The number of aliphatic carboxylic acids is 1. The molecule has 2 unspecified atom stereocenters. The molecule has 9 heteroatoms. The molecule has 0 amide bonds. The maximum absolute atomic E-state index is 13.0. The summed E-state index contributed by atoms with van der Waals surface area (Å²) < 4.78 is 23.1. The Kier molecular flexibility index (Phi) is 85.0. The number of quaternary nitrogens is 1. The Morgan fingerprint density at radius 3 is 0.762 bits per heavy atom. The second-order valence-electron chi connectivity index (χ2n) is 33.7. The molecule has 0 saturated heterocycles. The molecular formula is C96H184NO8+. The molecule has 0 aliphatic carbocycles. The molecule has 620 valence electrons. The SMILES string of the molecule is CCCCCCC/C=C\C/C=C\C/C=C\CCCCCCCCCCCCCCCCCCCCCCCCCCCCC(=O)OC(COC(=O)CCCCCCCCCCCCCCCCCCCCCCCCCCCCCCCCCCCCCCCCC)COC(OCC[N+](C)(C)C)C(=O)O. The van der Waals surface area contributed by atoms with Crippen LogP contribution in [0.1, 0.15) is 502 Å². The van der Waals surface area contributed by atoms with E-state index in [9.17, 15) is 19.5 Å². The fraction of sp³-hybridized carbons (Fsp3) is 0.906. The van der Waals surface area contributed by atoms with Gasteiger partial charge in [-0.2, -0.15) is 0 Å². The van der Waals surface area contributed by atoms with Crippen LogP contribution in [0.5, 0.6) is 0 Å². The highest BCUT2D eigenvalue weighted by molar-refractivity contribution is 5.71. The van der Waals surface area contributed by atoms with Crippen LogP contribution in [0.2, 0.25) is 0 Å².